The van der Waals surface area contributed by atoms with E-state index in [0.29, 0.717) is 35.8 Å². The van der Waals surface area contributed by atoms with Crippen molar-refractivity contribution in [2.45, 2.75) is 19.0 Å². The number of nitrogens with one attached hydrogen (secondary N) is 3. The van der Waals surface area contributed by atoms with Crippen LogP contribution in [0.25, 0.3) is 0 Å². The largest absolute Gasteiger partial charge is 0.457 e. The van der Waals surface area contributed by atoms with Crippen LogP contribution in [0.15, 0.2) is 70.6 Å². The van der Waals surface area contributed by atoms with Gasteiger partial charge in [-0.05, 0) is 47.9 Å². The van der Waals surface area contributed by atoms with Gasteiger partial charge in [0.1, 0.15) is 11.5 Å². The van der Waals surface area contributed by atoms with Crippen molar-refractivity contribution in [1.82, 2.24) is 19.9 Å². The van der Waals surface area contributed by atoms with Gasteiger partial charge in [-0.25, -0.2) is 14.8 Å². The molecule has 2 aromatic heterocycles. The zero-order valence-corrected chi connectivity index (χ0v) is 19.3. The minimum atomic E-state index is -4.58. The van der Waals surface area contributed by atoms with Crippen molar-refractivity contribution in [3.63, 3.8) is 0 Å². The molecule has 0 saturated carbocycles. The summed E-state index contributed by atoms with van der Waals surface area (Å²) in [5.41, 5.74) is 0.300. The van der Waals surface area contributed by atoms with Crippen molar-refractivity contribution in [3.05, 3.63) is 109 Å². The molecule has 0 unspecified atom stereocenters. The maximum Gasteiger partial charge on any atom is 0.417 e. The average molecular weight is 518 g/mol. The van der Waals surface area contributed by atoms with Crippen LogP contribution in [0.3, 0.4) is 0 Å². The standard InChI is InChI=1S/C24H19ClF3N5O3/c25-20-6-5-18(10-19(20)24(26,27)28)36-17-3-1-14(2-4-17)7-8-29-22-30-13-16(21(34)33-22)9-15-11-31-23(35)32-12-15/h1-6,10-13H,7-9H2,(H,31,32,35)(H2,29,30,33,34). The highest BCUT2D eigenvalue weighted by molar-refractivity contribution is 6.31. The van der Waals surface area contributed by atoms with Crippen LogP contribution >= 0.6 is 11.6 Å². The summed E-state index contributed by atoms with van der Waals surface area (Å²) in [5.74, 6) is 0.712. The molecule has 0 radical (unpaired) electrons. The summed E-state index contributed by atoms with van der Waals surface area (Å²) in [6.07, 6.45) is 0.637. The fourth-order valence-corrected chi connectivity index (χ4v) is 3.52. The van der Waals surface area contributed by atoms with E-state index in [0.717, 1.165) is 17.7 Å². The van der Waals surface area contributed by atoms with E-state index in [1.165, 1.54) is 24.7 Å². The molecule has 12 heteroatoms. The van der Waals surface area contributed by atoms with Crippen molar-refractivity contribution >= 4 is 17.5 Å². The molecule has 0 amide bonds. The Kier molecular flexibility index (Phi) is 7.39. The van der Waals surface area contributed by atoms with E-state index in [-0.39, 0.29) is 17.7 Å². The maximum absolute atomic E-state index is 13.0. The van der Waals surface area contributed by atoms with Gasteiger partial charge >= 0.3 is 11.9 Å². The Labute approximate surface area is 207 Å². The smallest absolute Gasteiger partial charge is 0.417 e. The van der Waals surface area contributed by atoms with Crippen molar-refractivity contribution in [3.8, 4) is 11.5 Å². The molecular formula is C24H19ClF3N5O3. The molecule has 4 rings (SSSR count). The van der Waals surface area contributed by atoms with E-state index in [2.05, 4.69) is 25.3 Å². The lowest BCUT2D eigenvalue weighted by molar-refractivity contribution is -0.137. The number of benzene rings is 2. The van der Waals surface area contributed by atoms with Gasteiger partial charge in [0, 0.05) is 37.1 Å². The van der Waals surface area contributed by atoms with Crippen molar-refractivity contribution < 1.29 is 17.9 Å². The number of rotatable bonds is 8. The van der Waals surface area contributed by atoms with Gasteiger partial charge in [-0.2, -0.15) is 13.2 Å². The Morgan fingerprint density at radius 3 is 2.39 bits per heavy atom. The van der Waals surface area contributed by atoms with E-state index in [1.807, 2.05) is 0 Å². The highest BCUT2D eigenvalue weighted by atomic mass is 35.5. The lowest BCUT2D eigenvalue weighted by Gasteiger charge is -2.12. The van der Waals surface area contributed by atoms with Gasteiger partial charge in [-0.1, -0.05) is 23.7 Å². The normalized spacial score (nSPS) is 11.3. The molecule has 0 aliphatic carbocycles. The third-order valence-corrected chi connectivity index (χ3v) is 5.43. The van der Waals surface area contributed by atoms with Crippen LogP contribution in [-0.4, -0.2) is 26.5 Å². The third kappa shape index (κ3) is 6.51. The van der Waals surface area contributed by atoms with Crippen LogP contribution in [0.2, 0.25) is 5.02 Å². The lowest BCUT2D eigenvalue weighted by Crippen LogP contribution is -2.18. The quantitative estimate of drug-likeness (QED) is 0.316. The molecule has 0 spiro atoms. The highest BCUT2D eigenvalue weighted by Gasteiger charge is 2.33. The molecule has 36 heavy (non-hydrogen) atoms. The second kappa shape index (κ2) is 10.6. The summed E-state index contributed by atoms with van der Waals surface area (Å²) in [7, 11) is 0. The third-order valence-electron chi connectivity index (χ3n) is 5.10. The van der Waals surface area contributed by atoms with Crippen molar-refractivity contribution in [1.29, 1.82) is 0 Å². The van der Waals surface area contributed by atoms with Crippen LogP contribution < -0.4 is 21.3 Å². The summed E-state index contributed by atoms with van der Waals surface area (Å²) in [5, 5.41) is 2.64. The van der Waals surface area contributed by atoms with E-state index in [4.69, 9.17) is 16.3 Å². The molecule has 0 fully saturated rings. The van der Waals surface area contributed by atoms with Gasteiger partial charge in [0.25, 0.3) is 5.56 Å². The first-order valence-electron chi connectivity index (χ1n) is 10.7. The maximum atomic E-state index is 13.0. The topological polar surface area (TPSA) is 113 Å². The molecule has 8 nitrogen and oxygen atoms in total. The molecule has 0 saturated heterocycles. The number of alkyl halides is 3. The number of aromatic nitrogens is 4. The number of nitrogens with zero attached hydrogens (tertiary/aromatic N) is 2. The van der Waals surface area contributed by atoms with Crippen LogP contribution in [0.1, 0.15) is 22.3 Å². The number of halogens is 4. The summed E-state index contributed by atoms with van der Waals surface area (Å²) < 4.78 is 44.6. The van der Waals surface area contributed by atoms with Gasteiger partial charge in [0.15, 0.2) is 0 Å². The summed E-state index contributed by atoms with van der Waals surface area (Å²) >= 11 is 5.63. The van der Waals surface area contributed by atoms with Gasteiger partial charge in [-0.3, -0.25) is 9.78 Å². The van der Waals surface area contributed by atoms with Crippen LogP contribution in [0.4, 0.5) is 19.1 Å². The average Bonchev–Trinajstić information content (AvgIpc) is 2.84. The number of hydrogen-bond donors (Lipinski definition) is 3. The zero-order chi connectivity index (χ0) is 25.7. The van der Waals surface area contributed by atoms with Crippen LogP contribution in [0.5, 0.6) is 11.5 Å². The fraction of sp³-hybridized carbons (Fsp3) is 0.167. The monoisotopic (exact) mass is 517 g/mol. The highest BCUT2D eigenvalue weighted by Crippen LogP contribution is 2.37. The van der Waals surface area contributed by atoms with Crippen molar-refractivity contribution in [2.75, 3.05) is 11.9 Å². The first-order chi connectivity index (χ1) is 17.2. The number of aromatic amines is 2. The molecule has 0 bridgehead atoms. The molecule has 2 heterocycles. The molecule has 0 atom stereocenters. The van der Waals surface area contributed by atoms with Gasteiger partial charge < -0.3 is 15.0 Å². The molecular weight excluding hydrogens is 499 g/mol. The Morgan fingerprint density at radius 1 is 0.972 bits per heavy atom. The zero-order valence-electron chi connectivity index (χ0n) is 18.5. The van der Waals surface area contributed by atoms with E-state index < -0.39 is 22.5 Å². The molecule has 3 N–H and O–H groups in total. The van der Waals surface area contributed by atoms with Crippen molar-refractivity contribution in [2.24, 2.45) is 0 Å². The fourth-order valence-electron chi connectivity index (χ4n) is 3.29. The van der Waals surface area contributed by atoms with E-state index in [1.54, 1.807) is 24.3 Å². The Bertz CT molecular complexity index is 1450. The van der Waals surface area contributed by atoms with E-state index in [9.17, 15) is 22.8 Å². The number of anilines is 1. The summed E-state index contributed by atoms with van der Waals surface area (Å²) in [6, 6.07) is 10.2. The Balaban J connectivity index is 1.30. The lowest BCUT2D eigenvalue weighted by atomic mass is 10.1. The second-order valence-electron chi connectivity index (χ2n) is 7.75. The summed E-state index contributed by atoms with van der Waals surface area (Å²) in [6.45, 7) is 0.471. The minimum absolute atomic E-state index is 0.0245. The SMILES string of the molecule is O=c1ncc(Cc2cnc(NCCc3ccc(Oc4ccc(Cl)c(C(F)(F)F)c4)cc3)[nH]c2=O)c[nH]1. The first kappa shape index (κ1) is 25.0. The van der Waals surface area contributed by atoms with Crippen LogP contribution in [0, 0.1) is 0 Å². The predicted molar refractivity (Wildman–Crippen MR) is 128 cm³/mol. The second-order valence-corrected chi connectivity index (χ2v) is 8.16. The number of hydrogen-bond acceptors (Lipinski definition) is 6. The van der Waals surface area contributed by atoms with Gasteiger partial charge in [-0.15, -0.1) is 0 Å². The molecule has 4 aromatic rings. The molecule has 186 valence electrons. The molecule has 0 aliphatic rings. The Morgan fingerprint density at radius 2 is 1.72 bits per heavy atom. The number of H-pyrrole nitrogens is 2. The van der Waals surface area contributed by atoms with Crippen LogP contribution in [-0.2, 0) is 19.0 Å². The first-order valence-corrected chi connectivity index (χ1v) is 11.0. The molecule has 2 aromatic carbocycles. The minimum Gasteiger partial charge on any atom is -0.457 e. The van der Waals surface area contributed by atoms with Gasteiger partial charge in [0.05, 0.1) is 10.6 Å². The van der Waals surface area contributed by atoms with Gasteiger partial charge in [0.2, 0.25) is 5.95 Å². The van der Waals surface area contributed by atoms with E-state index >= 15 is 0 Å². The Hall–Kier alpha value is -4.12. The number of ether oxygens (including phenoxy) is 1. The predicted octanol–water partition coefficient (Wildman–Crippen LogP) is 4.56. The summed E-state index contributed by atoms with van der Waals surface area (Å²) in [4.78, 5) is 36.3. The molecule has 0 aliphatic heterocycles.